The first-order chi connectivity index (χ1) is 11.6. The van der Waals surface area contributed by atoms with Crippen LogP contribution in [0.1, 0.15) is 24.4 Å². The van der Waals surface area contributed by atoms with E-state index in [2.05, 4.69) is 15.0 Å². The van der Waals surface area contributed by atoms with E-state index in [1.54, 1.807) is 18.2 Å². The van der Waals surface area contributed by atoms with Crippen molar-refractivity contribution in [2.45, 2.75) is 18.9 Å². The first-order valence-corrected chi connectivity index (χ1v) is 7.65. The summed E-state index contributed by atoms with van der Waals surface area (Å²) in [4.78, 5) is 16.6. The van der Waals surface area contributed by atoms with Gasteiger partial charge >= 0.3 is 5.82 Å². The van der Waals surface area contributed by atoms with Crippen molar-refractivity contribution < 1.29 is 9.31 Å². The topological polar surface area (TPSA) is 76.6 Å². The number of fused-ring (bicyclic) bond motifs is 1. The molecule has 8 heteroatoms. The van der Waals surface area contributed by atoms with Gasteiger partial charge in [-0.15, -0.1) is 0 Å². The van der Waals surface area contributed by atoms with Gasteiger partial charge in [0.05, 0.1) is 6.04 Å². The first kappa shape index (κ1) is 14.6. The Kier molecular flexibility index (Phi) is 3.37. The molecule has 0 radical (unpaired) electrons. The van der Waals surface area contributed by atoms with Gasteiger partial charge in [-0.3, -0.25) is 0 Å². The minimum atomic E-state index is -0.509. The number of anilines is 1. The summed E-state index contributed by atoms with van der Waals surface area (Å²) >= 11 is 0. The van der Waals surface area contributed by atoms with Gasteiger partial charge in [-0.25, -0.2) is 9.37 Å². The number of hydrogen-bond acceptors (Lipinski definition) is 5. The Hall–Kier alpha value is -3.03. The average molecular weight is 327 g/mol. The molecule has 24 heavy (non-hydrogen) atoms. The summed E-state index contributed by atoms with van der Waals surface area (Å²) in [6.45, 7) is 0.766. The van der Waals surface area contributed by atoms with Crippen LogP contribution in [0.15, 0.2) is 42.6 Å². The zero-order valence-electron chi connectivity index (χ0n) is 12.7. The summed E-state index contributed by atoms with van der Waals surface area (Å²) < 4.78 is 14.8. The van der Waals surface area contributed by atoms with Crippen molar-refractivity contribution in [3.63, 3.8) is 0 Å². The lowest BCUT2D eigenvalue weighted by atomic mass is 10.0. The second kappa shape index (κ2) is 5.55. The lowest BCUT2D eigenvalue weighted by Crippen LogP contribution is -2.24. The fourth-order valence-corrected chi connectivity index (χ4v) is 3.23. The number of benzene rings is 1. The maximum atomic E-state index is 13.5. The SMILES string of the molecule is O=[N+]([O-])c1cnc2ccc(N3CCC[C@@H]3c3cccc(F)c3)nn12. The molecular weight excluding hydrogens is 313 g/mol. The Morgan fingerprint density at radius 3 is 2.96 bits per heavy atom. The average Bonchev–Trinajstić information content (AvgIpc) is 3.21. The molecule has 0 N–H and O–H groups in total. The van der Waals surface area contributed by atoms with Gasteiger partial charge in [-0.1, -0.05) is 21.7 Å². The minimum absolute atomic E-state index is 0.00762. The molecule has 0 aliphatic carbocycles. The molecule has 3 heterocycles. The van der Waals surface area contributed by atoms with Crippen LogP contribution in [0.3, 0.4) is 0 Å². The van der Waals surface area contributed by atoms with Gasteiger partial charge in [0, 0.05) is 12.6 Å². The molecule has 1 fully saturated rings. The molecule has 0 saturated carbocycles. The van der Waals surface area contributed by atoms with E-state index >= 15 is 0 Å². The highest BCUT2D eigenvalue weighted by Crippen LogP contribution is 2.35. The molecule has 7 nitrogen and oxygen atoms in total. The van der Waals surface area contributed by atoms with Crippen LogP contribution in [0.25, 0.3) is 5.65 Å². The van der Waals surface area contributed by atoms with Crippen molar-refractivity contribution in [1.82, 2.24) is 14.6 Å². The number of imidazole rings is 1. The van der Waals surface area contributed by atoms with Gasteiger partial charge in [0.2, 0.25) is 5.65 Å². The van der Waals surface area contributed by atoms with Crippen molar-refractivity contribution in [2.24, 2.45) is 0 Å². The summed E-state index contributed by atoms with van der Waals surface area (Å²) in [6.07, 6.45) is 3.03. The number of nitro groups is 1. The van der Waals surface area contributed by atoms with E-state index in [4.69, 9.17) is 0 Å². The Bertz CT molecular complexity index is 926. The van der Waals surface area contributed by atoms with Crippen LogP contribution < -0.4 is 4.90 Å². The molecule has 1 atom stereocenters. The molecule has 2 aromatic heterocycles. The second-order valence-corrected chi connectivity index (χ2v) is 5.74. The highest BCUT2D eigenvalue weighted by Gasteiger charge is 2.29. The molecule has 122 valence electrons. The molecule has 1 aromatic carbocycles. The number of rotatable bonds is 3. The zero-order chi connectivity index (χ0) is 16.7. The van der Waals surface area contributed by atoms with Crippen LogP contribution in [-0.4, -0.2) is 26.1 Å². The first-order valence-electron chi connectivity index (χ1n) is 7.65. The monoisotopic (exact) mass is 327 g/mol. The van der Waals surface area contributed by atoms with Gasteiger partial charge in [-0.05, 0) is 41.5 Å². The maximum Gasteiger partial charge on any atom is 0.368 e. The van der Waals surface area contributed by atoms with Crippen molar-refractivity contribution in [3.05, 3.63) is 64.1 Å². The van der Waals surface area contributed by atoms with Crippen molar-refractivity contribution in [1.29, 1.82) is 0 Å². The Morgan fingerprint density at radius 2 is 2.17 bits per heavy atom. The molecule has 3 aromatic rings. The molecule has 0 spiro atoms. The fraction of sp³-hybridized carbons (Fsp3) is 0.250. The van der Waals surface area contributed by atoms with Gasteiger partial charge < -0.3 is 15.0 Å². The van der Waals surface area contributed by atoms with E-state index in [-0.39, 0.29) is 17.7 Å². The van der Waals surface area contributed by atoms with E-state index in [0.29, 0.717) is 11.5 Å². The van der Waals surface area contributed by atoms with Crippen molar-refractivity contribution in [2.75, 3.05) is 11.4 Å². The number of halogens is 1. The lowest BCUT2D eigenvalue weighted by Gasteiger charge is -2.25. The van der Waals surface area contributed by atoms with E-state index < -0.39 is 4.92 Å². The smallest absolute Gasteiger partial charge is 0.358 e. The molecule has 0 unspecified atom stereocenters. The summed E-state index contributed by atoms with van der Waals surface area (Å²) in [6, 6.07) is 10.0. The number of aromatic nitrogens is 3. The summed E-state index contributed by atoms with van der Waals surface area (Å²) in [5.41, 5.74) is 1.31. The predicted octanol–water partition coefficient (Wildman–Crippen LogP) is 3.12. The van der Waals surface area contributed by atoms with Crippen molar-refractivity contribution >= 4 is 17.3 Å². The lowest BCUT2D eigenvalue weighted by molar-refractivity contribution is -0.391. The van der Waals surface area contributed by atoms with Gasteiger partial charge in [-0.2, -0.15) is 0 Å². The van der Waals surface area contributed by atoms with E-state index in [0.717, 1.165) is 24.9 Å². The minimum Gasteiger partial charge on any atom is -0.358 e. The normalized spacial score (nSPS) is 17.5. The predicted molar refractivity (Wildman–Crippen MR) is 85.4 cm³/mol. The molecule has 1 saturated heterocycles. The molecule has 1 aliphatic heterocycles. The summed E-state index contributed by atoms with van der Waals surface area (Å²) in [7, 11) is 0. The zero-order valence-corrected chi connectivity index (χ0v) is 12.7. The third-order valence-electron chi connectivity index (χ3n) is 4.30. The van der Waals surface area contributed by atoms with Crippen molar-refractivity contribution in [3.8, 4) is 0 Å². The molecule has 0 amide bonds. The van der Waals surface area contributed by atoms with E-state index in [1.807, 2.05) is 6.07 Å². The van der Waals surface area contributed by atoms with Crippen LogP contribution in [0.4, 0.5) is 16.0 Å². The largest absolute Gasteiger partial charge is 0.368 e. The van der Waals surface area contributed by atoms with Gasteiger partial charge in [0.15, 0.2) is 5.82 Å². The maximum absolute atomic E-state index is 13.5. The van der Waals surface area contributed by atoms with Crippen LogP contribution in [0.2, 0.25) is 0 Å². The third-order valence-corrected chi connectivity index (χ3v) is 4.30. The van der Waals surface area contributed by atoms with Crippen LogP contribution in [-0.2, 0) is 0 Å². The molecular formula is C16H14FN5O2. The highest BCUT2D eigenvalue weighted by molar-refractivity contribution is 5.51. The number of hydrogen-bond donors (Lipinski definition) is 0. The number of nitrogens with zero attached hydrogens (tertiary/aromatic N) is 5. The standard InChI is InChI=1S/C16H14FN5O2/c17-12-4-1-3-11(9-12)13-5-2-8-20(13)15-7-6-14-18-10-16(22(23)24)21(14)19-15/h1,3-4,6-7,9-10,13H,2,5,8H2/t13-/m1/s1. The Morgan fingerprint density at radius 1 is 1.29 bits per heavy atom. The molecule has 1 aliphatic rings. The highest BCUT2D eigenvalue weighted by atomic mass is 19.1. The summed E-state index contributed by atoms with van der Waals surface area (Å²) in [5.74, 6) is 0.178. The van der Waals surface area contributed by atoms with Crippen LogP contribution in [0.5, 0.6) is 0 Å². The van der Waals surface area contributed by atoms with Crippen LogP contribution >= 0.6 is 0 Å². The van der Waals surface area contributed by atoms with Crippen LogP contribution in [0, 0.1) is 15.9 Å². The van der Waals surface area contributed by atoms with Gasteiger partial charge in [0.25, 0.3) is 0 Å². The Labute approximate surface area is 136 Å². The molecule has 4 rings (SSSR count). The van der Waals surface area contributed by atoms with E-state index in [1.165, 1.54) is 22.8 Å². The van der Waals surface area contributed by atoms with E-state index in [9.17, 15) is 14.5 Å². The molecule has 0 bridgehead atoms. The third kappa shape index (κ3) is 2.36. The fourth-order valence-electron chi connectivity index (χ4n) is 3.23. The van der Waals surface area contributed by atoms with Gasteiger partial charge in [0.1, 0.15) is 12.0 Å². The quantitative estimate of drug-likeness (QED) is 0.546. The second-order valence-electron chi connectivity index (χ2n) is 5.74. The Balaban J connectivity index is 1.75. The summed E-state index contributed by atoms with van der Waals surface area (Å²) in [5, 5.41) is 15.5.